The number of anilines is 1. The fourth-order valence-electron chi connectivity index (χ4n) is 3.61. The lowest BCUT2D eigenvalue weighted by atomic mass is 10.2. The maximum absolute atomic E-state index is 12.8. The second-order valence-electron chi connectivity index (χ2n) is 7.99. The molecule has 9 nitrogen and oxygen atoms in total. The smallest absolute Gasteiger partial charge is 0.259 e. The number of nitrogens with zero attached hydrogens (tertiary/aromatic N) is 6. The van der Waals surface area contributed by atoms with Crippen molar-refractivity contribution < 1.29 is 9.53 Å². The maximum Gasteiger partial charge on any atom is 0.259 e. The molecule has 0 fully saturated rings. The Morgan fingerprint density at radius 2 is 1.66 bits per heavy atom. The van der Waals surface area contributed by atoms with E-state index in [9.17, 15) is 4.79 Å². The third-order valence-electron chi connectivity index (χ3n) is 5.71. The Bertz CT molecular complexity index is 1470. The number of hydrogen-bond donors (Lipinski definition) is 1. The van der Waals surface area contributed by atoms with E-state index in [4.69, 9.17) is 4.74 Å². The van der Waals surface area contributed by atoms with Crippen LogP contribution in [0.3, 0.4) is 0 Å². The zero-order valence-electron chi connectivity index (χ0n) is 19.5. The summed E-state index contributed by atoms with van der Waals surface area (Å²) in [6.45, 7) is 5.79. The van der Waals surface area contributed by atoms with Crippen LogP contribution in [0.2, 0.25) is 0 Å². The van der Waals surface area contributed by atoms with E-state index in [1.165, 1.54) is 0 Å². The Balaban J connectivity index is 1.24. The quantitative estimate of drug-likeness (QED) is 0.386. The van der Waals surface area contributed by atoms with Crippen LogP contribution in [0.5, 0.6) is 11.6 Å². The molecule has 2 aromatic carbocycles. The summed E-state index contributed by atoms with van der Waals surface area (Å²) in [7, 11) is 0. The molecule has 0 saturated heterocycles. The van der Waals surface area contributed by atoms with Crippen LogP contribution in [-0.4, -0.2) is 35.4 Å². The van der Waals surface area contributed by atoms with Crippen LogP contribution >= 0.6 is 0 Å². The van der Waals surface area contributed by atoms with Crippen molar-refractivity contribution in [1.29, 1.82) is 0 Å². The number of benzene rings is 2. The highest BCUT2D eigenvalue weighted by Crippen LogP contribution is 2.23. The van der Waals surface area contributed by atoms with E-state index in [2.05, 4.69) is 25.6 Å². The molecule has 0 radical (unpaired) electrons. The zero-order valence-corrected chi connectivity index (χ0v) is 19.5. The Morgan fingerprint density at radius 1 is 0.886 bits per heavy atom. The van der Waals surface area contributed by atoms with Gasteiger partial charge in [-0.2, -0.15) is 5.10 Å². The largest absolute Gasteiger partial charge is 0.438 e. The lowest BCUT2D eigenvalue weighted by molar-refractivity contribution is 0.102. The number of para-hydroxylation sites is 1. The van der Waals surface area contributed by atoms with Crippen LogP contribution in [0.1, 0.15) is 27.4 Å². The fourth-order valence-corrected chi connectivity index (χ4v) is 3.61. The first kappa shape index (κ1) is 22.0. The van der Waals surface area contributed by atoms with Gasteiger partial charge in [-0.25, -0.2) is 9.67 Å². The second kappa shape index (κ2) is 9.22. The predicted molar refractivity (Wildman–Crippen MR) is 131 cm³/mol. The Morgan fingerprint density at radius 3 is 2.31 bits per heavy atom. The van der Waals surface area contributed by atoms with Gasteiger partial charge in [-0.15, -0.1) is 10.2 Å². The number of imidazole rings is 1. The predicted octanol–water partition coefficient (Wildman–Crippen LogP) is 4.82. The minimum atomic E-state index is -0.232. The number of rotatable bonds is 6. The first-order valence-electron chi connectivity index (χ1n) is 11.0. The maximum atomic E-state index is 12.8. The van der Waals surface area contributed by atoms with Gasteiger partial charge in [-0.3, -0.25) is 9.36 Å². The van der Waals surface area contributed by atoms with Gasteiger partial charge in [-0.1, -0.05) is 18.2 Å². The summed E-state index contributed by atoms with van der Waals surface area (Å²) in [5.41, 5.74) is 4.76. The van der Waals surface area contributed by atoms with Gasteiger partial charge in [-0.05, 0) is 63.2 Å². The lowest BCUT2D eigenvalue weighted by Crippen LogP contribution is -2.13. The lowest BCUT2D eigenvalue weighted by Gasteiger charge is -2.09. The summed E-state index contributed by atoms with van der Waals surface area (Å²) in [5, 5.41) is 15.6. The highest BCUT2D eigenvalue weighted by atomic mass is 16.5. The van der Waals surface area contributed by atoms with Crippen molar-refractivity contribution in [3.8, 4) is 23.1 Å². The summed E-state index contributed by atoms with van der Waals surface area (Å²) in [5.74, 6) is 1.38. The summed E-state index contributed by atoms with van der Waals surface area (Å²) in [6, 6.07) is 20.3. The van der Waals surface area contributed by atoms with Crippen molar-refractivity contribution in [1.82, 2.24) is 29.5 Å². The van der Waals surface area contributed by atoms with E-state index < -0.39 is 0 Å². The van der Waals surface area contributed by atoms with E-state index >= 15 is 0 Å². The van der Waals surface area contributed by atoms with Gasteiger partial charge in [0.15, 0.2) is 5.82 Å². The molecule has 5 aromatic rings. The number of aryl methyl sites for hydroxylation is 1. The summed E-state index contributed by atoms with van der Waals surface area (Å²) in [4.78, 5) is 17.1. The van der Waals surface area contributed by atoms with Gasteiger partial charge >= 0.3 is 0 Å². The third-order valence-corrected chi connectivity index (χ3v) is 5.71. The van der Waals surface area contributed by atoms with Gasteiger partial charge in [0.25, 0.3) is 5.91 Å². The molecule has 0 bridgehead atoms. The van der Waals surface area contributed by atoms with Crippen LogP contribution in [0.4, 0.5) is 5.69 Å². The Hall–Kier alpha value is -4.79. The van der Waals surface area contributed by atoms with Crippen molar-refractivity contribution in [2.75, 3.05) is 5.32 Å². The molecule has 0 spiro atoms. The van der Waals surface area contributed by atoms with Gasteiger partial charge in [0, 0.05) is 17.4 Å². The summed E-state index contributed by atoms with van der Waals surface area (Å²) >= 11 is 0. The van der Waals surface area contributed by atoms with Crippen LogP contribution in [0.25, 0.3) is 11.5 Å². The first-order valence-corrected chi connectivity index (χ1v) is 11.0. The van der Waals surface area contributed by atoms with Crippen molar-refractivity contribution in [3.63, 3.8) is 0 Å². The average molecular weight is 466 g/mol. The molecule has 3 heterocycles. The fraction of sp³-hybridized carbons (Fsp3) is 0.115. The molecule has 0 atom stereocenters. The zero-order chi connectivity index (χ0) is 24.4. The molecule has 35 heavy (non-hydrogen) atoms. The minimum absolute atomic E-state index is 0.232. The molecule has 5 rings (SSSR count). The average Bonchev–Trinajstić information content (AvgIpc) is 3.43. The van der Waals surface area contributed by atoms with Gasteiger partial charge in [0.1, 0.15) is 12.1 Å². The van der Waals surface area contributed by atoms with Crippen LogP contribution in [-0.2, 0) is 0 Å². The van der Waals surface area contributed by atoms with E-state index in [1.54, 1.807) is 47.5 Å². The normalized spacial score (nSPS) is 10.8. The third kappa shape index (κ3) is 4.51. The molecule has 0 aliphatic carbocycles. The standard InChI is InChI=1S/C26H23N7O2/c1-17-18(2)32(16-27-17)24-13-14-25(31-30-24)35-22-11-9-20(10-12-22)29-26(34)23-15-28-33(19(23)3)21-7-5-4-6-8-21/h4-16H,1-3H3,(H,29,34). The van der Waals surface area contributed by atoms with E-state index in [0.717, 1.165) is 22.8 Å². The Kier molecular flexibility index (Phi) is 5.80. The van der Waals surface area contributed by atoms with Crippen molar-refractivity contribution in [2.45, 2.75) is 20.8 Å². The summed E-state index contributed by atoms with van der Waals surface area (Å²) < 4.78 is 9.41. The molecule has 1 N–H and O–H groups in total. The highest BCUT2D eigenvalue weighted by Gasteiger charge is 2.15. The molecule has 174 valence electrons. The van der Waals surface area contributed by atoms with E-state index in [-0.39, 0.29) is 5.91 Å². The van der Waals surface area contributed by atoms with Gasteiger partial charge in [0.05, 0.1) is 28.8 Å². The molecular weight excluding hydrogens is 442 g/mol. The van der Waals surface area contributed by atoms with Gasteiger partial charge in [0.2, 0.25) is 5.88 Å². The topological polar surface area (TPSA) is 99.8 Å². The molecule has 0 aliphatic rings. The summed E-state index contributed by atoms with van der Waals surface area (Å²) in [6.07, 6.45) is 3.29. The van der Waals surface area contributed by atoms with Crippen molar-refractivity contribution in [2.24, 2.45) is 0 Å². The SMILES string of the molecule is Cc1ncn(-c2ccc(Oc3ccc(NC(=O)c4cnn(-c5ccccc5)c4C)cc3)nn2)c1C. The molecule has 3 aromatic heterocycles. The number of hydrogen-bond acceptors (Lipinski definition) is 6. The molecule has 9 heteroatoms. The number of carbonyl (C=O) groups is 1. The van der Waals surface area contributed by atoms with Crippen molar-refractivity contribution >= 4 is 11.6 Å². The van der Waals surface area contributed by atoms with Crippen LogP contribution < -0.4 is 10.1 Å². The molecule has 0 aliphatic heterocycles. The monoisotopic (exact) mass is 465 g/mol. The highest BCUT2D eigenvalue weighted by molar-refractivity contribution is 6.05. The van der Waals surface area contributed by atoms with E-state index in [1.807, 2.05) is 61.7 Å². The molecule has 0 saturated carbocycles. The number of amides is 1. The molecular formula is C26H23N7O2. The molecule has 1 amide bonds. The number of carbonyl (C=O) groups excluding carboxylic acids is 1. The molecule has 0 unspecified atom stereocenters. The van der Waals surface area contributed by atoms with Crippen molar-refractivity contribution in [3.05, 3.63) is 102 Å². The first-order chi connectivity index (χ1) is 17.0. The minimum Gasteiger partial charge on any atom is -0.438 e. The number of ether oxygens (including phenoxy) is 1. The Labute approximate surface area is 202 Å². The van der Waals surface area contributed by atoms with Gasteiger partial charge < -0.3 is 10.1 Å². The van der Waals surface area contributed by atoms with E-state index in [0.29, 0.717) is 28.7 Å². The second-order valence-corrected chi connectivity index (χ2v) is 7.99. The number of aromatic nitrogens is 6. The van der Waals surface area contributed by atoms with Crippen LogP contribution in [0.15, 0.2) is 79.3 Å². The number of nitrogens with one attached hydrogen (secondary N) is 1. The van der Waals surface area contributed by atoms with Crippen LogP contribution in [0, 0.1) is 20.8 Å².